The average molecular weight is 409 g/mol. The molecule has 2 heterocycles. The van der Waals surface area contributed by atoms with Gasteiger partial charge in [0, 0.05) is 17.8 Å². The lowest BCUT2D eigenvalue weighted by atomic mass is 10.1. The summed E-state index contributed by atoms with van der Waals surface area (Å²) in [7, 11) is 0. The number of para-hydroxylation sites is 1. The molecular weight excluding hydrogens is 395 g/mol. The fourth-order valence-electron chi connectivity index (χ4n) is 2.84. The molecule has 0 aliphatic carbocycles. The summed E-state index contributed by atoms with van der Waals surface area (Å²) >= 11 is 6.34. The molecule has 0 saturated carbocycles. The van der Waals surface area contributed by atoms with Crippen molar-refractivity contribution in [3.63, 3.8) is 0 Å². The van der Waals surface area contributed by atoms with Crippen molar-refractivity contribution in [2.45, 2.75) is 0 Å². The number of benzene rings is 2. The molecule has 2 N–H and O–H groups in total. The van der Waals surface area contributed by atoms with E-state index in [0.717, 1.165) is 0 Å². The molecule has 0 amide bonds. The lowest BCUT2D eigenvalue weighted by Gasteiger charge is -2.11. The zero-order chi connectivity index (χ0) is 20.4. The van der Waals surface area contributed by atoms with E-state index < -0.39 is 5.97 Å². The first-order valence-electron chi connectivity index (χ1n) is 8.59. The van der Waals surface area contributed by atoms with E-state index in [2.05, 4.69) is 15.4 Å². The molecular formula is C21H14ClFN4O2. The Morgan fingerprint density at radius 1 is 1.07 bits per heavy atom. The van der Waals surface area contributed by atoms with E-state index in [0.29, 0.717) is 27.8 Å². The zero-order valence-corrected chi connectivity index (χ0v) is 15.6. The number of anilines is 2. The third-order valence-electron chi connectivity index (χ3n) is 4.21. The molecule has 0 radical (unpaired) electrons. The minimum atomic E-state index is -1.11. The zero-order valence-electron chi connectivity index (χ0n) is 14.9. The van der Waals surface area contributed by atoms with Crippen LogP contribution in [0.5, 0.6) is 0 Å². The lowest BCUT2D eigenvalue weighted by molar-refractivity contribution is 0.0697. The molecule has 0 aliphatic heterocycles. The first kappa shape index (κ1) is 18.6. The second kappa shape index (κ2) is 7.73. The molecule has 0 fully saturated rings. The van der Waals surface area contributed by atoms with Crippen molar-refractivity contribution in [3.05, 3.63) is 89.3 Å². The maximum Gasteiger partial charge on any atom is 0.339 e. The summed E-state index contributed by atoms with van der Waals surface area (Å²) in [5.74, 6) is -0.835. The van der Waals surface area contributed by atoms with Crippen LogP contribution in [0.15, 0.2) is 72.9 Å². The van der Waals surface area contributed by atoms with Gasteiger partial charge in [-0.25, -0.2) is 18.9 Å². The predicted molar refractivity (Wildman–Crippen MR) is 108 cm³/mol. The van der Waals surface area contributed by atoms with Crippen LogP contribution in [0.1, 0.15) is 10.4 Å². The lowest BCUT2D eigenvalue weighted by Crippen LogP contribution is -2.08. The van der Waals surface area contributed by atoms with Crippen LogP contribution in [0, 0.1) is 5.82 Å². The highest BCUT2D eigenvalue weighted by Crippen LogP contribution is 2.30. The third kappa shape index (κ3) is 3.81. The summed E-state index contributed by atoms with van der Waals surface area (Å²) in [6.07, 6.45) is 1.49. The number of halogens is 2. The van der Waals surface area contributed by atoms with Crippen molar-refractivity contribution in [1.82, 2.24) is 14.8 Å². The number of hydrogen-bond donors (Lipinski definition) is 2. The fourth-order valence-corrected chi connectivity index (χ4v) is 3.05. The van der Waals surface area contributed by atoms with Gasteiger partial charge in [0.15, 0.2) is 0 Å². The molecule has 0 saturated heterocycles. The molecule has 0 unspecified atom stereocenters. The number of carbonyl (C=O) groups is 1. The molecule has 144 valence electrons. The third-order valence-corrected chi connectivity index (χ3v) is 4.53. The number of carboxylic acid groups (broad SMARTS) is 1. The van der Waals surface area contributed by atoms with E-state index in [1.54, 1.807) is 47.1 Å². The van der Waals surface area contributed by atoms with Crippen LogP contribution in [0.4, 0.5) is 16.0 Å². The predicted octanol–water partition coefficient (Wildman–Crippen LogP) is 5.17. The highest BCUT2D eigenvalue weighted by atomic mass is 35.5. The Balaban J connectivity index is 1.85. The summed E-state index contributed by atoms with van der Waals surface area (Å²) in [6, 6.07) is 17.8. The second-order valence-corrected chi connectivity index (χ2v) is 6.52. The molecule has 6 nitrogen and oxygen atoms in total. The number of carboxylic acids is 1. The Labute approximate surface area is 170 Å². The van der Waals surface area contributed by atoms with Gasteiger partial charge in [-0.05, 0) is 48.5 Å². The highest BCUT2D eigenvalue weighted by Gasteiger charge is 2.17. The first-order valence-corrected chi connectivity index (χ1v) is 8.97. The van der Waals surface area contributed by atoms with Crippen LogP contribution in [0.3, 0.4) is 0 Å². The molecule has 0 aliphatic rings. The van der Waals surface area contributed by atoms with Gasteiger partial charge in [0.05, 0.1) is 16.4 Å². The van der Waals surface area contributed by atoms with Gasteiger partial charge in [-0.15, -0.1) is 0 Å². The van der Waals surface area contributed by atoms with Crippen LogP contribution in [0.25, 0.3) is 16.9 Å². The van der Waals surface area contributed by atoms with Gasteiger partial charge in [0.1, 0.15) is 23.0 Å². The minimum Gasteiger partial charge on any atom is -0.478 e. The van der Waals surface area contributed by atoms with Crippen molar-refractivity contribution < 1.29 is 14.3 Å². The molecule has 29 heavy (non-hydrogen) atoms. The number of hydrogen-bond acceptors (Lipinski definition) is 4. The van der Waals surface area contributed by atoms with Gasteiger partial charge in [-0.3, -0.25) is 0 Å². The standard InChI is InChI=1S/C21H14ClFN4O2/c22-16-5-1-2-6-18(16)27-19(25-20-15(21(28)29)4-3-11-24-20)12-17(26-27)13-7-9-14(23)10-8-13/h1-12H,(H,24,25)(H,28,29). The van der Waals surface area contributed by atoms with Crippen LogP contribution in [0.2, 0.25) is 5.02 Å². The molecule has 0 spiro atoms. The maximum atomic E-state index is 13.3. The second-order valence-electron chi connectivity index (χ2n) is 6.11. The van der Waals surface area contributed by atoms with Crippen molar-refractivity contribution in [3.8, 4) is 16.9 Å². The highest BCUT2D eigenvalue weighted by molar-refractivity contribution is 6.32. The molecule has 2 aromatic carbocycles. The number of rotatable bonds is 5. The van der Waals surface area contributed by atoms with Crippen molar-refractivity contribution in [2.24, 2.45) is 0 Å². The van der Waals surface area contributed by atoms with Gasteiger partial charge in [-0.1, -0.05) is 23.7 Å². The number of nitrogens with one attached hydrogen (secondary N) is 1. The van der Waals surface area contributed by atoms with Crippen LogP contribution < -0.4 is 5.32 Å². The summed E-state index contributed by atoms with van der Waals surface area (Å²) < 4.78 is 14.8. The quantitative estimate of drug-likeness (QED) is 0.476. The van der Waals surface area contributed by atoms with Crippen molar-refractivity contribution >= 4 is 29.2 Å². The molecule has 2 aromatic heterocycles. The number of aromatic carboxylic acids is 1. The van der Waals surface area contributed by atoms with E-state index in [1.807, 2.05) is 6.07 Å². The van der Waals surface area contributed by atoms with Gasteiger partial charge in [0.25, 0.3) is 0 Å². The van der Waals surface area contributed by atoms with Gasteiger partial charge in [-0.2, -0.15) is 5.10 Å². The smallest absolute Gasteiger partial charge is 0.339 e. The van der Waals surface area contributed by atoms with Crippen LogP contribution in [-0.2, 0) is 0 Å². The topological polar surface area (TPSA) is 80.0 Å². The Hall–Kier alpha value is -3.71. The molecule has 0 atom stereocenters. The van der Waals surface area contributed by atoms with Crippen molar-refractivity contribution in [2.75, 3.05) is 5.32 Å². The Morgan fingerprint density at radius 3 is 2.55 bits per heavy atom. The van der Waals surface area contributed by atoms with E-state index in [9.17, 15) is 14.3 Å². The largest absolute Gasteiger partial charge is 0.478 e. The Kier molecular flexibility index (Phi) is 4.97. The van der Waals surface area contributed by atoms with Gasteiger partial charge >= 0.3 is 5.97 Å². The Morgan fingerprint density at radius 2 is 1.83 bits per heavy atom. The average Bonchev–Trinajstić information content (AvgIpc) is 3.12. The van der Waals surface area contributed by atoms with E-state index in [4.69, 9.17) is 11.6 Å². The SMILES string of the molecule is O=C(O)c1cccnc1Nc1cc(-c2ccc(F)cc2)nn1-c1ccccc1Cl. The summed E-state index contributed by atoms with van der Waals surface area (Å²) in [6.45, 7) is 0. The number of nitrogens with zero attached hydrogens (tertiary/aromatic N) is 3. The number of pyridine rings is 1. The molecule has 8 heteroatoms. The summed E-state index contributed by atoms with van der Waals surface area (Å²) in [5.41, 5.74) is 1.86. The molecule has 4 aromatic rings. The molecule has 4 rings (SSSR count). The summed E-state index contributed by atoms with van der Waals surface area (Å²) in [4.78, 5) is 15.7. The van der Waals surface area contributed by atoms with E-state index in [1.165, 1.54) is 24.4 Å². The Bertz CT molecular complexity index is 1190. The van der Waals surface area contributed by atoms with E-state index >= 15 is 0 Å². The maximum absolute atomic E-state index is 13.3. The fraction of sp³-hybridized carbons (Fsp3) is 0. The summed E-state index contributed by atoms with van der Waals surface area (Å²) in [5, 5.41) is 17.5. The number of aromatic nitrogens is 3. The normalized spacial score (nSPS) is 10.7. The first-order chi connectivity index (χ1) is 14.0. The van der Waals surface area contributed by atoms with E-state index in [-0.39, 0.29) is 17.2 Å². The van der Waals surface area contributed by atoms with Gasteiger partial charge < -0.3 is 10.4 Å². The monoisotopic (exact) mass is 408 g/mol. The van der Waals surface area contributed by atoms with Crippen LogP contribution >= 0.6 is 11.6 Å². The molecule has 0 bridgehead atoms. The minimum absolute atomic E-state index is 0.0164. The van der Waals surface area contributed by atoms with Crippen molar-refractivity contribution in [1.29, 1.82) is 0 Å². The van der Waals surface area contributed by atoms with Gasteiger partial charge in [0.2, 0.25) is 0 Å². The van der Waals surface area contributed by atoms with Crippen LogP contribution in [-0.4, -0.2) is 25.8 Å².